The van der Waals surface area contributed by atoms with Gasteiger partial charge < -0.3 is 15.1 Å². The molecule has 0 aliphatic carbocycles. The van der Waals surface area contributed by atoms with Crippen LogP contribution in [0.15, 0.2) is 29.6 Å². The highest BCUT2D eigenvalue weighted by atomic mass is 32.1. The third kappa shape index (κ3) is 4.56. The van der Waals surface area contributed by atoms with E-state index in [0.717, 1.165) is 10.6 Å². The number of hydrogen-bond donors (Lipinski definition) is 1. The number of rotatable bonds is 3. The molecule has 3 amide bonds. The van der Waals surface area contributed by atoms with Crippen molar-refractivity contribution in [3.05, 3.63) is 40.9 Å². The lowest BCUT2D eigenvalue weighted by Crippen LogP contribution is -2.54. The van der Waals surface area contributed by atoms with Crippen molar-refractivity contribution in [2.75, 3.05) is 26.2 Å². The zero-order valence-electron chi connectivity index (χ0n) is 16.3. The molecule has 0 bridgehead atoms. The molecule has 0 saturated carbocycles. The number of hydrogen-bond acceptors (Lipinski definition) is 5. The van der Waals surface area contributed by atoms with E-state index in [1.807, 2.05) is 31.2 Å². The molecule has 1 fully saturated rings. The second-order valence-electron chi connectivity index (χ2n) is 7.12. The number of nitrogens with zero attached hydrogens (tertiary/aromatic N) is 3. The van der Waals surface area contributed by atoms with Crippen LogP contribution in [0.1, 0.15) is 29.9 Å². The smallest absolute Gasteiger partial charge is 0.312 e. The van der Waals surface area contributed by atoms with Gasteiger partial charge in [0.05, 0.1) is 0 Å². The van der Waals surface area contributed by atoms with Crippen LogP contribution in [0, 0.1) is 6.92 Å². The number of piperazine rings is 1. The molecule has 28 heavy (non-hydrogen) atoms. The Balaban J connectivity index is 1.59. The lowest BCUT2D eigenvalue weighted by Gasteiger charge is -2.34. The average Bonchev–Trinajstić information content (AvgIpc) is 3.17. The van der Waals surface area contributed by atoms with Crippen LogP contribution in [-0.4, -0.2) is 64.7 Å². The summed E-state index contributed by atoms with van der Waals surface area (Å²) >= 11 is 1.44. The van der Waals surface area contributed by atoms with E-state index in [2.05, 4.69) is 10.3 Å². The predicted molar refractivity (Wildman–Crippen MR) is 108 cm³/mol. The summed E-state index contributed by atoms with van der Waals surface area (Å²) in [6.07, 6.45) is 0. The Labute approximate surface area is 168 Å². The molecule has 148 valence electrons. The monoisotopic (exact) mass is 400 g/mol. The van der Waals surface area contributed by atoms with Crippen molar-refractivity contribution in [3.63, 3.8) is 0 Å². The largest absolute Gasteiger partial charge is 0.346 e. The number of thiazole rings is 1. The summed E-state index contributed by atoms with van der Waals surface area (Å²) in [6, 6.07) is 7.93. The van der Waals surface area contributed by atoms with Crippen LogP contribution in [0.25, 0.3) is 10.6 Å². The maximum atomic E-state index is 12.7. The minimum atomic E-state index is -0.600. The predicted octanol–water partition coefficient (Wildman–Crippen LogP) is 1.93. The Hall–Kier alpha value is -2.74. The van der Waals surface area contributed by atoms with Gasteiger partial charge in [-0.2, -0.15) is 0 Å². The molecule has 0 radical (unpaired) electrons. The molecule has 1 aliphatic rings. The van der Waals surface area contributed by atoms with Gasteiger partial charge >= 0.3 is 11.8 Å². The number of amides is 3. The summed E-state index contributed by atoms with van der Waals surface area (Å²) in [5, 5.41) is 5.18. The molecule has 1 N–H and O–H groups in total. The molecule has 3 rings (SSSR count). The second kappa shape index (κ2) is 8.52. The van der Waals surface area contributed by atoms with Gasteiger partial charge in [-0.15, -0.1) is 11.3 Å². The van der Waals surface area contributed by atoms with E-state index in [4.69, 9.17) is 0 Å². The number of aryl methyl sites for hydroxylation is 1. The third-order valence-electron chi connectivity index (χ3n) is 4.49. The molecule has 8 heteroatoms. The van der Waals surface area contributed by atoms with E-state index in [9.17, 15) is 14.4 Å². The topological polar surface area (TPSA) is 82.6 Å². The van der Waals surface area contributed by atoms with Gasteiger partial charge in [-0.05, 0) is 20.8 Å². The number of aromatic nitrogens is 1. The molecule has 0 spiro atoms. The lowest BCUT2D eigenvalue weighted by molar-refractivity contribution is -0.147. The van der Waals surface area contributed by atoms with Crippen molar-refractivity contribution in [2.45, 2.75) is 26.8 Å². The van der Waals surface area contributed by atoms with E-state index in [1.54, 1.807) is 24.1 Å². The van der Waals surface area contributed by atoms with Gasteiger partial charge in [0.15, 0.2) is 0 Å². The first kappa shape index (κ1) is 20.0. The maximum absolute atomic E-state index is 12.7. The van der Waals surface area contributed by atoms with Crippen molar-refractivity contribution >= 4 is 29.1 Å². The van der Waals surface area contributed by atoms with Crippen molar-refractivity contribution in [1.29, 1.82) is 0 Å². The number of carbonyl (C=O) groups excluding carboxylic acids is 3. The first-order valence-electron chi connectivity index (χ1n) is 9.26. The molecule has 2 aromatic rings. The minimum absolute atomic E-state index is 0.0910. The van der Waals surface area contributed by atoms with E-state index in [0.29, 0.717) is 31.9 Å². The SMILES string of the molecule is Cc1ccc(-c2nc(C(=O)N3CCN(C(=O)C(=O)NC(C)C)CC3)cs2)cc1. The molecular weight excluding hydrogens is 376 g/mol. The molecule has 2 heterocycles. The van der Waals surface area contributed by atoms with E-state index < -0.39 is 11.8 Å². The van der Waals surface area contributed by atoms with Crippen LogP contribution in [0.3, 0.4) is 0 Å². The molecular formula is C20H24N4O3S. The fraction of sp³-hybridized carbons (Fsp3) is 0.400. The zero-order valence-corrected chi connectivity index (χ0v) is 17.1. The minimum Gasteiger partial charge on any atom is -0.346 e. The van der Waals surface area contributed by atoms with Crippen LogP contribution in [0.4, 0.5) is 0 Å². The van der Waals surface area contributed by atoms with E-state index in [1.165, 1.54) is 21.8 Å². The fourth-order valence-electron chi connectivity index (χ4n) is 2.94. The molecule has 1 aliphatic heterocycles. The van der Waals surface area contributed by atoms with Crippen LogP contribution in [0.5, 0.6) is 0 Å². The summed E-state index contributed by atoms with van der Waals surface area (Å²) in [4.78, 5) is 44.4. The molecule has 7 nitrogen and oxygen atoms in total. The summed E-state index contributed by atoms with van der Waals surface area (Å²) in [5.41, 5.74) is 2.57. The van der Waals surface area contributed by atoms with Crippen molar-refractivity contribution in [1.82, 2.24) is 20.1 Å². The quantitative estimate of drug-likeness (QED) is 0.798. The first-order chi connectivity index (χ1) is 13.3. The Kier molecular flexibility index (Phi) is 6.08. The first-order valence-corrected chi connectivity index (χ1v) is 10.1. The molecule has 1 aromatic heterocycles. The Morgan fingerprint density at radius 3 is 2.25 bits per heavy atom. The highest BCUT2D eigenvalue weighted by Crippen LogP contribution is 2.24. The highest BCUT2D eigenvalue weighted by Gasteiger charge is 2.29. The fourth-order valence-corrected chi connectivity index (χ4v) is 3.74. The standard InChI is InChI=1S/C20H24N4O3S/c1-13(2)21-17(25)20(27)24-10-8-23(9-11-24)19(26)16-12-28-18(22-16)15-6-4-14(3)5-7-15/h4-7,12-13H,8-11H2,1-3H3,(H,21,25). The average molecular weight is 401 g/mol. The van der Waals surface area contributed by atoms with Gasteiger partial charge in [0.1, 0.15) is 10.7 Å². The zero-order chi connectivity index (χ0) is 20.3. The maximum Gasteiger partial charge on any atom is 0.312 e. The Morgan fingerprint density at radius 1 is 1.04 bits per heavy atom. The van der Waals surface area contributed by atoms with Gasteiger partial charge in [0.2, 0.25) is 0 Å². The molecule has 1 saturated heterocycles. The van der Waals surface area contributed by atoms with Gasteiger partial charge in [0, 0.05) is 43.2 Å². The molecule has 0 atom stereocenters. The van der Waals surface area contributed by atoms with Gasteiger partial charge in [-0.3, -0.25) is 14.4 Å². The van der Waals surface area contributed by atoms with Gasteiger partial charge in [-0.25, -0.2) is 4.98 Å². The van der Waals surface area contributed by atoms with E-state index in [-0.39, 0.29) is 11.9 Å². The van der Waals surface area contributed by atoms with Crippen LogP contribution in [0.2, 0.25) is 0 Å². The lowest BCUT2D eigenvalue weighted by atomic mass is 10.2. The molecule has 0 unspecified atom stereocenters. The summed E-state index contributed by atoms with van der Waals surface area (Å²) in [5.74, 6) is -1.29. The molecule has 1 aromatic carbocycles. The summed E-state index contributed by atoms with van der Waals surface area (Å²) < 4.78 is 0. The number of carbonyl (C=O) groups is 3. The highest BCUT2D eigenvalue weighted by molar-refractivity contribution is 7.13. The van der Waals surface area contributed by atoms with Gasteiger partial charge in [-0.1, -0.05) is 29.8 Å². The second-order valence-corrected chi connectivity index (χ2v) is 7.97. The van der Waals surface area contributed by atoms with Crippen LogP contribution in [-0.2, 0) is 9.59 Å². The van der Waals surface area contributed by atoms with Gasteiger partial charge in [0.25, 0.3) is 5.91 Å². The van der Waals surface area contributed by atoms with Crippen molar-refractivity contribution in [2.24, 2.45) is 0 Å². The number of benzene rings is 1. The normalized spacial score (nSPS) is 14.3. The number of nitrogens with one attached hydrogen (secondary N) is 1. The van der Waals surface area contributed by atoms with Crippen LogP contribution >= 0.6 is 11.3 Å². The summed E-state index contributed by atoms with van der Waals surface area (Å²) in [6.45, 7) is 7.09. The van der Waals surface area contributed by atoms with Crippen molar-refractivity contribution < 1.29 is 14.4 Å². The van der Waals surface area contributed by atoms with Crippen molar-refractivity contribution in [3.8, 4) is 10.6 Å². The third-order valence-corrected chi connectivity index (χ3v) is 5.38. The Morgan fingerprint density at radius 2 is 1.64 bits per heavy atom. The Bertz CT molecular complexity index is 868. The van der Waals surface area contributed by atoms with E-state index >= 15 is 0 Å². The summed E-state index contributed by atoms with van der Waals surface area (Å²) in [7, 11) is 0. The van der Waals surface area contributed by atoms with Crippen LogP contribution < -0.4 is 5.32 Å².